The van der Waals surface area contributed by atoms with Crippen LogP contribution in [0.1, 0.15) is 37.2 Å². The van der Waals surface area contributed by atoms with Crippen molar-refractivity contribution in [2.75, 3.05) is 0 Å². The second-order valence-corrected chi connectivity index (χ2v) is 5.28. The highest BCUT2D eigenvalue weighted by Gasteiger charge is 2.32. The van der Waals surface area contributed by atoms with E-state index in [4.69, 9.17) is 0 Å². The Balaban J connectivity index is 2.09. The van der Waals surface area contributed by atoms with Gasteiger partial charge in [0.15, 0.2) is 0 Å². The van der Waals surface area contributed by atoms with Crippen molar-refractivity contribution in [3.8, 4) is 0 Å². The van der Waals surface area contributed by atoms with E-state index < -0.39 is 5.97 Å². The predicted octanol–water partition coefficient (Wildman–Crippen LogP) is 3.59. The van der Waals surface area contributed by atoms with Gasteiger partial charge in [0, 0.05) is 17.8 Å². The first kappa shape index (κ1) is 12.2. The van der Waals surface area contributed by atoms with Crippen molar-refractivity contribution in [3.05, 3.63) is 42.2 Å². The summed E-state index contributed by atoms with van der Waals surface area (Å²) in [4.78, 5) is 15.6. The highest BCUT2D eigenvalue weighted by molar-refractivity contribution is 5.86. The van der Waals surface area contributed by atoms with Gasteiger partial charge in [-0.25, -0.2) is 0 Å². The summed E-state index contributed by atoms with van der Waals surface area (Å²) in [6, 6.07) is 8.12. The molecule has 1 saturated carbocycles. The van der Waals surface area contributed by atoms with Gasteiger partial charge in [0.05, 0.1) is 5.92 Å². The van der Waals surface area contributed by atoms with Gasteiger partial charge in [0.25, 0.3) is 0 Å². The molecule has 0 aliphatic heterocycles. The van der Waals surface area contributed by atoms with Crippen LogP contribution in [0.3, 0.4) is 0 Å². The smallest absolute Gasteiger partial charge is 0.307 e. The molecular weight excluding hydrogens is 238 g/mol. The quantitative estimate of drug-likeness (QED) is 0.892. The molecule has 0 bridgehead atoms. The van der Waals surface area contributed by atoms with E-state index in [1.807, 2.05) is 18.3 Å². The zero-order valence-corrected chi connectivity index (χ0v) is 10.7. The molecule has 1 aliphatic rings. The molecule has 19 heavy (non-hydrogen) atoms. The average Bonchev–Trinajstić information content (AvgIpc) is 2.46. The van der Waals surface area contributed by atoms with Gasteiger partial charge in [-0.15, -0.1) is 0 Å². The van der Waals surface area contributed by atoms with Crippen LogP contribution in [0.15, 0.2) is 36.7 Å². The molecule has 2 unspecified atom stereocenters. The Kier molecular flexibility index (Phi) is 3.20. The molecule has 1 N–H and O–H groups in total. The van der Waals surface area contributed by atoms with E-state index in [1.54, 1.807) is 6.20 Å². The van der Waals surface area contributed by atoms with Crippen molar-refractivity contribution in [3.63, 3.8) is 0 Å². The lowest BCUT2D eigenvalue weighted by molar-refractivity contribution is -0.143. The minimum Gasteiger partial charge on any atom is -0.481 e. The Bertz CT molecular complexity index is 603. The van der Waals surface area contributed by atoms with Gasteiger partial charge in [-0.1, -0.05) is 31.0 Å². The second-order valence-electron chi connectivity index (χ2n) is 5.28. The average molecular weight is 255 g/mol. The number of carbonyl (C=O) groups is 1. The second kappa shape index (κ2) is 5.00. The number of aromatic nitrogens is 1. The third kappa shape index (κ3) is 2.21. The van der Waals surface area contributed by atoms with Gasteiger partial charge in [0.1, 0.15) is 0 Å². The molecule has 0 saturated heterocycles. The van der Waals surface area contributed by atoms with Gasteiger partial charge < -0.3 is 5.11 Å². The van der Waals surface area contributed by atoms with Crippen LogP contribution < -0.4 is 0 Å². The summed E-state index contributed by atoms with van der Waals surface area (Å²) in [5.74, 6) is -0.788. The van der Waals surface area contributed by atoms with E-state index in [0.29, 0.717) is 0 Å². The van der Waals surface area contributed by atoms with Crippen LogP contribution in [0, 0.1) is 5.92 Å². The summed E-state index contributed by atoms with van der Waals surface area (Å²) >= 11 is 0. The summed E-state index contributed by atoms with van der Waals surface area (Å²) in [5.41, 5.74) is 1.15. The topological polar surface area (TPSA) is 50.2 Å². The van der Waals surface area contributed by atoms with Gasteiger partial charge in [-0.2, -0.15) is 0 Å². The molecule has 3 heteroatoms. The molecule has 0 radical (unpaired) electrons. The van der Waals surface area contributed by atoms with Crippen LogP contribution in [0.5, 0.6) is 0 Å². The Hall–Kier alpha value is -1.90. The van der Waals surface area contributed by atoms with Crippen LogP contribution in [-0.2, 0) is 4.79 Å². The maximum absolute atomic E-state index is 11.5. The van der Waals surface area contributed by atoms with Gasteiger partial charge in [0.2, 0.25) is 0 Å². The molecule has 0 spiro atoms. The van der Waals surface area contributed by atoms with E-state index in [1.165, 1.54) is 0 Å². The number of fused-ring (bicyclic) bond motifs is 1. The number of hydrogen-bond acceptors (Lipinski definition) is 2. The van der Waals surface area contributed by atoms with Crippen molar-refractivity contribution in [2.45, 2.75) is 31.6 Å². The molecule has 98 valence electrons. The standard InChI is InChI=1S/C16H17NO2/c18-16(19)14-6-2-1-5-12(14)13-7-3-4-11-8-9-17-10-15(11)13/h3-4,7-10,12,14H,1-2,5-6H2,(H,18,19). The summed E-state index contributed by atoms with van der Waals surface area (Å²) in [7, 11) is 0. The van der Waals surface area contributed by atoms with Crippen molar-refractivity contribution in [1.82, 2.24) is 4.98 Å². The Morgan fingerprint density at radius 1 is 1.21 bits per heavy atom. The first-order chi connectivity index (χ1) is 9.27. The fourth-order valence-corrected chi connectivity index (χ4v) is 3.26. The third-order valence-corrected chi connectivity index (χ3v) is 4.20. The van der Waals surface area contributed by atoms with Gasteiger partial charge in [-0.05, 0) is 35.8 Å². The third-order valence-electron chi connectivity index (χ3n) is 4.20. The van der Waals surface area contributed by atoms with Gasteiger partial charge in [-0.3, -0.25) is 9.78 Å². The number of nitrogens with zero attached hydrogens (tertiary/aromatic N) is 1. The zero-order chi connectivity index (χ0) is 13.2. The highest BCUT2D eigenvalue weighted by atomic mass is 16.4. The lowest BCUT2D eigenvalue weighted by Crippen LogP contribution is -2.25. The number of carboxylic acid groups (broad SMARTS) is 1. The minimum atomic E-state index is -0.661. The van der Waals surface area contributed by atoms with E-state index in [9.17, 15) is 9.90 Å². The largest absolute Gasteiger partial charge is 0.481 e. The fraction of sp³-hybridized carbons (Fsp3) is 0.375. The number of benzene rings is 1. The molecule has 3 nitrogen and oxygen atoms in total. The summed E-state index contributed by atoms with van der Waals surface area (Å²) < 4.78 is 0. The molecule has 3 rings (SSSR count). The first-order valence-electron chi connectivity index (χ1n) is 6.83. The van der Waals surface area contributed by atoms with Crippen molar-refractivity contribution < 1.29 is 9.90 Å². The van der Waals surface area contributed by atoms with Gasteiger partial charge >= 0.3 is 5.97 Å². The van der Waals surface area contributed by atoms with Crippen LogP contribution in [0.25, 0.3) is 10.8 Å². The van der Waals surface area contributed by atoms with Crippen molar-refractivity contribution >= 4 is 16.7 Å². The fourth-order valence-electron chi connectivity index (χ4n) is 3.26. The minimum absolute atomic E-state index is 0.124. The summed E-state index contributed by atoms with van der Waals surface area (Å²) in [6.07, 6.45) is 7.53. The summed E-state index contributed by atoms with van der Waals surface area (Å²) in [5, 5.41) is 11.7. The molecule has 1 fully saturated rings. The molecule has 1 heterocycles. The molecule has 2 atom stereocenters. The molecule has 1 aromatic heterocycles. The SMILES string of the molecule is O=C(O)C1CCCCC1c1cccc2ccncc12. The Morgan fingerprint density at radius 3 is 2.89 bits per heavy atom. The summed E-state index contributed by atoms with van der Waals surface area (Å²) in [6.45, 7) is 0. The normalized spacial score (nSPS) is 23.4. The monoisotopic (exact) mass is 255 g/mol. The maximum Gasteiger partial charge on any atom is 0.307 e. The lowest BCUT2D eigenvalue weighted by atomic mass is 9.74. The number of aliphatic carboxylic acids is 1. The Morgan fingerprint density at radius 2 is 2.05 bits per heavy atom. The molecule has 0 amide bonds. The number of pyridine rings is 1. The highest BCUT2D eigenvalue weighted by Crippen LogP contribution is 2.40. The van der Waals surface area contributed by atoms with Crippen molar-refractivity contribution in [2.24, 2.45) is 5.92 Å². The van der Waals surface area contributed by atoms with Crippen LogP contribution >= 0.6 is 0 Å². The number of rotatable bonds is 2. The molecular formula is C16H17NO2. The lowest BCUT2D eigenvalue weighted by Gasteiger charge is -2.29. The van der Waals surface area contributed by atoms with Crippen LogP contribution in [0.4, 0.5) is 0 Å². The van der Waals surface area contributed by atoms with Crippen LogP contribution in [0.2, 0.25) is 0 Å². The Labute approximate surface area is 112 Å². The zero-order valence-electron chi connectivity index (χ0n) is 10.7. The predicted molar refractivity (Wildman–Crippen MR) is 74.1 cm³/mol. The van der Waals surface area contributed by atoms with E-state index in [0.717, 1.165) is 42.0 Å². The van der Waals surface area contributed by atoms with Crippen LogP contribution in [-0.4, -0.2) is 16.1 Å². The van der Waals surface area contributed by atoms with E-state index >= 15 is 0 Å². The first-order valence-corrected chi connectivity index (χ1v) is 6.83. The molecule has 1 aliphatic carbocycles. The molecule has 2 aromatic rings. The molecule has 1 aromatic carbocycles. The maximum atomic E-state index is 11.5. The van der Waals surface area contributed by atoms with E-state index in [-0.39, 0.29) is 11.8 Å². The number of hydrogen-bond donors (Lipinski definition) is 1. The van der Waals surface area contributed by atoms with Crippen molar-refractivity contribution in [1.29, 1.82) is 0 Å². The van der Waals surface area contributed by atoms with E-state index in [2.05, 4.69) is 17.1 Å². The number of carboxylic acids is 1.